The van der Waals surface area contributed by atoms with Crippen molar-refractivity contribution in [3.63, 3.8) is 0 Å². The number of hydrogen-bond acceptors (Lipinski definition) is 5. The molecule has 1 fully saturated rings. The van der Waals surface area contributed by atoms with Gasteiger partial charge in [0.2, 0.25) is 0 Å². The summed E-state index contributed by atoms with van der Waals surface area (Å²) >= 11 is 0. The minimum Gasteiger partial charge on any atom is -0.394 e. The molecule has 0 aromatic heterocycles. The summed E-state index contributed by atoms with van der Waals surface area (Å²) in [5.74, 6) is 0.155. The number of piperidine rings is 1. The Kier molecular flexibility index (Phi) is 8.44. The van der Waals surface area contributed by atoms with Crippen molar-refractivity contribution in [1.29, 1.82) is 0 Å². The van der Waals surface area contributed by atoms with Gasteiger partial charge in [0, 0.05) is 13.1 Å². The van der Waals surface area contributed by atoms with Gasteiger partial charge in [-0.15, -0.1) is 12.4 Å². The number of guanidine groups is 1. The molecule has 4 atom stereocenters. The fraction of sp³-hybridized carbons (Fsp3) is 0.562. The van der Waals surface area contributed by atoms with Gasteiger partial charge in [-0.3, -0.25) is 4.99 Å². The van der Waals surface area contributed by atoms with E-state index in [2.05, 4.69) is 4.99 Å². The molecule has 1 saturated heterocycles. The minimum atomic E-state index is -1.30. The van der Waals surface area contributed by atoms with Gasteiger partial charge in [-0.05, 0) is 18.4 Å². The molecule has 8 heteroatoms. The van der Waals surface area contributed by atoms with Crippen molar-refractivity contribution in [3.05, 3.63) is 35.9 Å². The lowest BCUT2D eigenvalue weighted by molar-refractivity contribution is -0.128. The van der Waals surface area contributed by atoms with Gasteiger partial charge in [0.25, 0.3) is 0 Å². The summed E-state index contributed by atoms with van der Waals surface area (Å²) in [5.41, 5.74) is 7.15. The van der Waals surface area contributed by atoms with Crippen molar-refractivity contribution in [3.8, 4) is 0 Å². The van der Waals surface area contributed by atoms with Crippen molar-refractivity contribution in [2.24, 2.45) is 10.7 Å². The minimum absolute atomic E-state index is 0. The molecule has 0 unspecified atom stereocenters. The van der Waals surface area contributed by atoms with Crippen molar-refractivity contribution >= 4 is 18.4 Å². The van der Waals surface area contributed by atoms with E-state index < -0.39 is 24.4 Å². The van der Waals surface area contributed by atoms with Crippen LogP contribution in [-0.2, 0) is 6.42 Å². The van der Waals surface area contributed by atoms with Crippen molar-refractivity contribution in [2.45, 2.75) is 37.2 Å². The zero-order chi connectivity index (χ0) is 16.8. The molecule has 1 aliphatic heterocycles. The maximum absolute atomic E-state index is 9.93. The number of β-amino-alcohol motifs (C(OH)–C–C–N with tert-alkyl or cyclic N) is 1. The zero-order valence-electron chi connectivity index (χ0n) is 13.4. The van der Waals surface area contributed by atoms with Crippen LogP contribution < -0.4 is 5.73 Å². The lowest BCUT2D eigenvalue weighted by Crippen LogP contribution is -2.65. The van der Waals surface area contributed by atoms with Crippen molar-refractivity contribution in [1.82, 2.24) is 4.90 Å². The van der Waals surface area contributed by atoms with E-state index in [0.717, 1.165) is 12.8 Å². The first-order valence-corrected chi connectivity index (χ1v) is 7.80. The number of nitrogens with two attached hydrogens (primary N) is 1. The van der Waals surface area contributed by atoms with Crippen LogP contribution in [0.5, 0.6) is 0 Å². The molecule has 1 aromatic carbocycles. The van der Waals surface area contributed by atoms with E-state index in [1.165, 1.54) is 10.5 Å². The Morgan fingerprint density at radius 3 is 2.46 bits per heavy atom. The van der Waals surface area contributed by atoms with E-state index in [1.807, 2.05) is 30.3 Å². The van der Waals surface area contributed by atoms with E-state index in [9.17, 15) is 20.4 Å². The third kappa shape index (κ3) is 5.06. The van der Waals surface area contributed by atoms with Gasteiger partial charge in [0.1, 0.15) is 18.3 Å². The molecule has 0 radical (unpaired) electrons. The third-order valence-electron chi connectivity index (χ3n) is 4.14. The van der Waals surface area contributed by atoms with Crippen molar-refractivity contribution in [2.75, 3.05) is 19.7 Å². The van der Waals surface area contributed by atoms with Gasteiger partial charge in [0.05, 0.1) is 12.6 Å². The second-order valence-electron chi connectivity index (χ2n) is 5.78. The van der Waals surface area contributed by atoms with E-state index in [1.54, 1.807) is 0 Å². The maximum Gasteiger partial charge on any atom is 0.191 e. The predicted octanol–water partition coefficient (Wildman–Crippen LogP) is -0.885. The summed E-state index contributed by atoms with van der Waals surface area (Å²) in [4.78, 5) is 5.71. The number of aliphatic hydroxyl groups is 4. The average molecular weight is 360 g/mol. The molecule has 0 bridgehead atoms. The Morgan fingerprint density at radius 2 is 1.83 bits per heavy atom. The molecule has 0 aliphatic carbocycles. The summed E-state index contributed by atoms with van der Waals surface area (Å²) < 4.78 is 0. The Morgan fingerprint density at radius 1 is 1.17 bits per heavy atom. The fourth-order valence-corrected chi connectivity index (χ4v) is 2.77. The Bertz CT molecular complexity index is 517. The molecular formula is C16H26ClN3O4. The van der Waals surface area contributed by atoms with Crippen molar-refractivity contribution < 1.29 is 20.4 Å². The van der Waals surface area contributed by atoms with E-state index >= 15 is 0 Å². The first-order chi connectivity index (χ1) is 11.0. The monoisotopic (exact) mass is 359 g/mol. The van der Waals surface area contributed by atoms with E-state index in [4.69, 9.17) is 5.73 Å². The Hall–Kier alpha value is -1.38. The van der Waals surface area contributed by atoms with Crippen LogP contribution >= 0.6 is 12.4 Å². The first kappa shape index (κ1) is 20.7. The number of aliphatic hydroxyl groups excluding tert-OH is 4. The van der Waals surface area contributed by atoms with Crippen LogP contribution in [-0.4, -0.2) is 75.3 Å². The summed E-state index contributed by atoms with van der Waals surface area (Å²) in [6.07, 6.45) is -2.01. The molecule has 1 aliphatic rings. The number of hydrogen-bond donors (Lipinski definition) is 5. The molecule has 6 N–H and O–H groups in total. The molecule has 7 nitrogen and oxygen atoms in total. The molecular weight excluding hydrogens is 334 g/mol. The summed E-state index contributed by atoms with van der Waals surface area (Å²) in [7, 11) is 0. The van der Waals surface area contributed by atoms with Crippen LogP contribution in [0.4, 0.5) is 0 Å². The highest BCUT2D eigenvalue weighted by Gasteiger charge is 2.41. The standard InChI is InChI=1S/C16H25N3O4.ClH/c17-16(18-8-4-7-11-5-2-1-3-6-11)19-9-13(21)15(23)14(22)12(19)10-20;/h1-3,5-6,12-15,20-23H,4,7-10H2,(H2,17,18);1H/t12-,13+,14-,15-;/m1./s1. The molecule has 0 amide bonds. The highest BCUT2D eigenvalue weighted by Crippen LogP contribution is 2.18. The van der Waals surface area contributed by atoms with Crippen LogP contribution in [0.1, 0.15) is 12.0 Å². The number of aliphatic imine (C=N–C) groups is 1. The molecule has 0 saturated carbocycles. The highest BCUT2D eigenvalue weighted by atomic mass is 35.5. The summed E-state index contributed by atoms with van der Waals surface area (Å²) in [6.45, 7) is 0.146. The van der Waals surface area contributed by atoms with Gasteiger partial charge in [-0.25, -0.2) is 0 Å². The number of aryl methyl sites for hydroxylation is 1. The number of rotatable bonds is 5. The van der Waals surface area contributed by atoms with Gasteiger partial charge in [-0.1, -0.05) is 30.3 Å². The van der Waals surface area contributed by atoms with E-state index in [0.29, 0.717) is 6.54 Å². The Labute approximate surface area is 147 Å². The summed E-state index contributed by atoms with van der Waals surface area (Å²) in [5, 5.41) is 38.8. The number of nitrogens with zero attached hydrogens (tertiary/aromatic N) is 2. The van der Waals surface area contributed by atoms with Gasteiger partial charge in [0.15, 0.2) is 5.96 Å². The topological polar surface area (TPSA) is 123 Å². The average Bonchev–Trinajstić information content (AvgIpc) is 2.57. The molecule has 136 valence electrons. The van der Waals surface area contributed by atoms with Gasteiger partial charge in [-0.2, -0.15) is 0 Å². The second-order valence-corrected chi connectivity index (χ2v) is 5.78. The van der Waals surface area contributed by atoms with Crippen LogP contribution in [0.2, 0.25) is 0 Å². The SMILES string of the molecule is Cl.NC(=NCCCc1ccccc1)N1C[C@H](O)[C@@H](O)[C@H](O)[C@H]1CO. The van der Waals surface area contributed by atoms with Gasteiger partial charge < -0.3 is 31.1 Å². The smallest absolute Gasteiger partial charge is 0.191 e. The third-order valence-corrected chi connectivity index (χ3v) is 4.14. The molecule has 1 heterocycles. The lowest BCUT2D eigenvalue weighted by atomic mass is 9.94. The predicted molar refractivity (Wildman–Crippen MR) is 94.1 cm³/mol. The maximum atomic E-state index is 9.93. The first-order valence-electron chi connectivity index (χ1n) is 7.80. The van der Waals surface area contributed by atoms with Crippen LogP contribution in [0.15, 0.2) is 35.3 Å². The largest absolute Gasteiger partial charge is 0.394 e. The van der Waals surface area contributed by atoms with E-state index in [-0.39, 0.29) is 31.5 Å². The normalized spacial score (nSPS) is 27.7. The molecule has 0 spiro atoms. The lowest BCUT2D eigenvalue weighted by Gasteiger charge is -2.43. The number of likely N-dealkylation sites (tertiary alicyclic amines) is 1. The summed E-state index contributed by atoms with van der Waals surface area (Å²) in [6, 6.07) is 9.27. The second kappa shape index (κ2) is 9.80. The Balaban J connectivity index is 0.00000288. The number of halogens is 1. The highest BCUT2D eigenvalue weighted by molar-refractivity contribution is 5.85. The molecule has 1 aromatic rings. The molecule has 2 rings (SSSR count). The van der Waals surface area contributed by atoms with Gasteiger partial charge >= 0.3 is 0 Å². The van der Waals surface area contributed by atoms with Crippen LogP contribution in [0.3, 0.4) is 0 Å². The zero-order valence-corrected chi connectivity index (χ0v) is 14.2. The molecule has 24 heavy (non-hydrogen) atoms. The van der Waals surface area contributed by atoms with Crippen LogP contribution in [0, 0.1) is 0 Å². The van der Waals surface area contributed by atoms with Crippen LogP contribution in [0.25, 0.3) is 0 Å². The fourth-order valence-electron chi connectivity index (χ4n) is 2.77. The quantitative estimate of drug-likeness (QED) is 0.264. The number of benzene rings is 1.